The zero-order chi connectivity index (χ0) is 11.1. The van der Waals surface area contributed by atoms with E-state index in [9.17, 15) is 15.3 Å². The second-order valence-corrected chi connectivity index (χ2v) is 3.49. The molecule has 86 valence electrons. The summed E-state index contributed by atoms with van der Waals surface area (Å²) in [6.07, 6.45) is -3.57. The first kappa shape index (κ1) is 13.8. The van der Waals surface area contributed by atoms with Gasteiger partial charge in [0.2, 0.25) is 0 Å². The van der Waals surface area contributed by atoms with Gasteiger partial charge in [-0.15, -0.1) is 0 Å². The van der Waals surface area contributed by atoms with E-state index >= 15 is 0 Å². The Morgan fingerprint density at radius 1 is 1.00 bits per heavy atom. The van der Waals surface area contributed by atoms with Crippen molar-refractivity contribution < 1.29 is 25.5 Å². The van der Waals surface area contributed by atoms with Crippen LogP contribution in [-0.2, 0) is 0 Å². The van der Waals surface area contributed by atoms with E-state index in [1.807, 2.05) is 6.92 Å². The summed E-state index contributed by atoms with van der Waals surface area (Å²) in [4.78, 5) is 0. The molecule has 0 saturated carbocycles. The van der Waals surface area contributed by atoms with Gasteiger partial charge < -0.3 is 25.5 Å². The van der Waals surface area contributed by atoms with Gasteiger partial charge in [0.25, 0.3) is 0 Å². The van der Waals surface area contributed by atoms with Crippen molar-refractivity contribution in [3.63, 3.8) is 0 Å². The molecule has 0 aliphatic rings. The lowest BCUT2D eigenvalue weighted by Gasteiger charge is -2.23. The second kappa shape index (κ2) is 7.14. The average Bonchev–Trinajstić information content (AvgIpc) is 2.16. The van der Waals surface area contributed by atoms with Gasteiger partial charge >= 0.3 is 0 Å². The molecular weight excluding hydrogens is 188 g/mol. The normalized spacial score (nSPS) is 20.1. The first-order valence-electron chi connectivity index (χ1n) is 4.86. The first-order valence-corrected chi connectivity index (χ1v) is 4.86. The molecule has 4 atom stereocenters. The molecule has 0 aliphatic heterocycles. The third-order valence-electron chi connectivity index (χ3n) is 2.10. The fourth-order valence-corrected chi connectivity index (χ4v) is 1.22. The predicted octanol–water partition coefficient (Wildman–Crippen LogP) is -1.39. The van der Waals surface area contributed by atoms with Crippen molar-refractivity contribution in [1.82, 2.24) is 0 Å². The van der Waals surface area contributed by atoms with Crippen LogP contribution in [0.2, 0.25) is 0 Å². The third-order valence-corrected chi connectivity index (χ3v) is 2.10. The standard InChI is InChI=1S/C9H20O5/c1-2-3-7(12)9(14)8(13)4-6(11)5-10/h6-14H,2-5H2,1H3. The molecule has 5 heteroatoms. The Hall–Kier alpha value is -0.200. The SMILES string of the molecule is CCCC(O)C(O)C(O)CC(O)CO. The van der Waals surface area contributed by atoms with E-state index in [0.29, 0.717) is 12.8 Å². The van der Waals surface area contributed by atoms with Crippen LogP contribution >= 0.6 is 0 Å². The van der Waals surface area contributed by atoms with E-state index in [0.717, 1.165) is 0 Å². The average molecular weight is 208 g/mol. The summed E-state index contributed by atoms with van der Waals surface area (Å²) in [5.74, 6) is 0. The van der Waals surface area contributed by atoms with Gasteiger partial charge in [-0.3, -0.25) is 0 Å². The number of hydrogen-bond acceptors (Lipinski definition) is 5. The molecule has 14 heavy (non-hydrogen) atoms. The Bertz CT molecular complexity index is 141. The summed E-state index contributed by atoms with van der Waals surface area (Å²) in [7, 11) is 0. The van der Waals surface area contributed by atoms with Crippen LogP contribution in [0.3, 0.4) is 0 Å². The molecule has 0 heterocycles. The maximum atomic E-state index is 9.37. The molecule has 4 unspecified atom stereocenters. The molecule has 5 nitrogen and oxygen atoms in total. The molecule has 0 aromatic carbocycles. The van der Waals surface area contributed by atoms with Crippen molar-refractivity contribution in [2.75, 3.05) is 6.61 Å². The fourth-order valence-electron chi connectivity index (χ4n) is 1.22. The molecule has 0 fully saturated rings. The minimum Gasteiger partial charge on any atom is -0.394 e. The highest BCUT2D eigenvalue weighted by Crippen LogP contribution is 2.10. The van der Waals surface area contributed by atoms with Crippen LogP contribution in [0.1, 0.15) is 26.2 Å². The number of aliphatic hydroxyl groups excluding tert-OH is 5. The van der Waals surface area contributed by atoms with Crippen LogP contribution < -0.4 is 0 Å². The van der Waals surface area contributed by atoms with Crippen LogP contribution in [-0.4, -0.2) is 56.6 Å². The summed E-state index contributed by atoms with van der Waals surface area (Å²) in [6.45, 7) is 1.39. The van der Waals surface area contributed by atoms with E-state index in [1.165, 1.54) is 0 Å². The van der Waals surface area contributed by atoms with Gasteiger partial charge in [-0.1, -0.05) is 13.3 Å². The summed E-state index contributed by atoms with van der Waals surface area (Å²) < 4.78 is 0. The van der Waals surface area contributed by atoms with Gasteiger partial charge in [-0.2, -0.15) is 0 Å². The topological polar surface area (TPSA) is 101 Å². The van der Waals surface area contributed by atoms with E-state index < -0.39 is 31.0 Å². The van der Waals surface area contributed by atoms with Crippen molar-refractivity contribution in [3.8, 4) is 0 Å². The molecule has 0 aromatic rings. The molecular formula is C9H20O5. The van der Waals surface area contributed by atoms with Crippen LogP contribution in [0.5, 0.6) is 0 Å². The van der Waals surface area contributed by atoms with E-state index in [4.69, 9.17) is 10.2 Å². The second-order valence-electron chi connectivity index (χ2n) is 3.49. The van der Waals surface area contributed by atoms with Crippen LogP contribution in [0.15, 0.2) is 0 Å². The lowest BCUT2D eigenvalue weighted by Crippen LogP contribution is -2.39. The molecule has 0 amide bonds. The molecule has 0 rings (SSSR count). The van der Waals surface area contributed by atoms with Crippen LogP contribution in [0.25, 0.3) is 0 Å². The molecule has 0 radical (unpaired) electrons. The third kappa shape index (κ3) is 4.88. The largest absolute Gasteiger partial charge is 0.394 e. The number of rotatable bonds is 7. The summed E-state index contributed by atoms with van der Waals surface area (Å²) in [6, 6.07) is 0. The van der Waals surface area contributed by atoms with Crippen molar-refractivity contribution in [1.29, 1.82) is 0 Å². The number of aliphatic hydroxyl groups is 5. The van der Waals surface area contributed by atoms with Crippen molar-refractivity contribution in [3.05, 3.63) is 0 Å². The molecule has 5 N–H and O–H groups in total. The lowest BCUT2D eigenvalue weighted by atomic mass is 10.00. The van der Waals surface area contributed by atoms with Crippen LogP contribution in [0.4, 0.5) is 0 Å². The Morgan fingerprint density at radius 3 is 2.00 bits per heavy atom. The zero-order valence-electron chi connectivity index (χ0n) is 8.37. The smallest absolute Gasteiger partial charge is 0.106 e. The van der Waals surface area contributed by atoms with Gasteiger partial charge in [-0.05, 0) is 6.42 Å². The van der Waals surface area contributed by atoms with Gasteiger partial charge in [0, 0.05) is 6.42 Å². The monoisotopic (exact) mass is 208 g/mol. The van der Waals surface area contributed by atoms with Crippen molar-refractivity contribution in [2.24, 2.45) is 0 Å². The minimum atomic E-state index is -1.27. The quantitative estimate of drug-likeness (QED) is 0.355. The van der Waals surface area contributed by atoms with Gasteiger partial charge in [0.15, 0.2) is 0 Å². The maximum absolute atomic E-state index is 9.37. The Balaban J connectivity index is 3.90. The van der Waals surface area contributed by atoms with E-state index in [2.05, 4.69) is 0 Å². The van der Waals surface area contributed by atoms with Gasteiger partial charge in [-0.25, -0.2) is 0 Å². The van der Waals surface area contributed by atoms with Crippen molar-refractivity contribution in [2.45, 2.75) is 50.6 Å². The van der Waals surface area contributed by atoms with Gasteiger partial charge in [0.05, 0.1) is 24.9 Å². The van der Waals surface area contributed by atoms with Crippen molar-refractivity contribution >= 4 is 0 Å². The Labute approximate surface area is 83.6 Å². The lowest BCUT2D eigenvalue weighted by molar-refractivity contribution is -0.0795. The Kier molecular flexibility index (Phi) is 7.04. The maximum Gasteiger partial charge on any atom is 0.106 e. The van der Waals surface area contributed by atoms with E-state index in [1.54, 1.807) is 0 Å². The van der Waals surface area contributed by atoms with E-state index in [-0.39, 0.29) is 6.42 Å². The molecule has 0 spiro atoms. The molecule has 0 bridgehead atoms. The van der Waals surface area contributed by atoms with Gasteiger partial charge in [0.1, 0.15) is 6.10 Å². The molecule has 0 aromatic heterocycles. The van der Waals surface area contributed by atoms with Crippen LogP contribution in [0, 0.1) is 0 Å². The summed E-state index contributed by atoms with van der Waals surface area (Å²) >= 11 is 0. The molecule has 0 saturated heterocycles. The Morgan fingerprint density at radius 2 is 1.57 bits per heavy atom. The number of hydrogen-bond donors (Lipinski definition) is 5. The predicted molar refractivity (Wildman–Crippen MR) is 50.6 cm³/mol. The highest BCUT2D eigenvalue weighted by molar-refractivity contribution is 4.77. The summed E-state index contributed by atoms with van der Waals surface area (Å²) in [5.41, 5.74) is 0. The first-order chi connectivity index (χ1) is 6.52. The fraction of sp³-hybridized carbons (Fsp3) is 1.00. The zero-order valence-corrected chi connectivity index (χ0v) is 8.37. The highest BCUT2D eigenvalue weighted by atomic mass is 16.4. The summed E-state index contributed by atoms with van der Waals surface area (Å²) in [5, 5.41) is 45.5. The highest BCUT2D eigenvalue weighted by Gasteiger charge is 2.25. The minimum absolute atomic E-state index is 0.140. The molecule has 0 aliphatic carbocycles.